The van der Waals surface area contributed by atoms with Crippen LogP contribution in [0, 0.1) is 5.82 Å². The Hall–Kier alpha value is -1.91. The molecule has 2 heterocycles. The van der Waals surface area contributed by atoms with Crippen molar-refractivity contribution in [1.29, 1.82) is 0 Å². The Morgan fingerprint density at radius 3 is 2.84 bits per heavy atom. The first-order chi connectivity index (χ1) is 11.8. The number of hydrogen-bond donors (Lipinski definition) is 2. The van der Waals surface area contributed by atoms with Crippen molar-refractivity contribution >= 4 is 21.8 Å². The van der Waals surface area contributed by atoms with Gasteiger partial charge in [0.2, 0.25) is 0 Å². The lowest BCUT2D eigenvalue weighted by Crippen LogP contribution is -2.31. The zero-order valence-electron chi connectivity index (χ0n) is 13.7. The van der Waals surface area contributed by atoms with Gasteiger partial charge in [-0.15, -0.1) is 0 Å². The molecule has 1 aromatic carbocycles. The molecular weight excluding hydrogens is 353 g/mol. The second-order valence-electron chi connectivity index (χ2n) is 6.04. The van der Waals surface area contributed by atoms with Crippen molar-refractivity contribution in [2.24, 2.45) is 0 Å². The van der Waals surface area contributed by atoms with Crippen LogP contribution in [0.25, 0.3) is 0 Å². The van der Waals surface area contributed by atoms with Crippen LogP contribution in [-0.2, 0) is 26.3 Å². The first-order valence-corrected chi connectivity index (χ1v) is 9.43. The number of ether oxygens (including phenoxy) is 1. The zero-order valence-corrected chi connectivity index (χ0v) is 14.6. The number of phenolic OH excluding ortho intramolecular Hbond substituents is 1. The van der Waals surface area contributed by atoms with E-state index in [4.69, 9.17) is 4.74 Å². The van der Waals surface area contributed by atoms with E-state index in [1.165, 1.54) is 12.1 Å². The topological polar surface area (TPSA) is 99.2 Å². The number of carbonyl (C=O) groups is 1. The lowest BCUT2D eigenvalue weighted by Gasteiger charge is -2.21. The Bertz CT molecular complexity index is 786. The van der Waals surface area contributed by atoms with Crippen LogP contribution in [0.1, 0.15) is 18.9 Å². The molecule has 138 valence electrons. The van der Waals surface area contributed by atoms with Crippen LogP contribution in [0.2, 0.25) is 0 Å². The fourth-order valence-electron chi connectivity index (χ4n) is 3.15. The third kappa shape index (κ3) is 3.55. The summed E-state index contributed by atoms with van der Waals surface area (Å²) in [7, 11) is -4.19. The average Bonchev–Trinajstić information content (AvgIpc) is 3.06. The molecule has 1 atom stereocenters. The van der Waals surface area contributed by atoms with Crippen LogP contribution in [0.5, 0.6) is 5.75 Å². The summed E-state index contributed by atoms with van der Waals surface area (Å²) in [5, 5.41) is 9.95. The van der Waals surface area contributed by atoms with Crippen LogP contribution in [0.15, 0.2) is 12.1 Å². The number of likely N-dealkylation sites (tertiary alicyclic amines) is 1. The molecule has 10 heteroatoms. The summed E-state index contributed by atoms with van der Waals surface area (Å²) in [6, 6.07) is 2.66. The Labute approximate surface area is 145 Å². The number of halogens is 1. The van der Waals surface area contributed by atoms with Gasteiger partial charge in [0.25, 0.3) is 5.91 Å². The minimum Gasteiger partial charge on any atom is -0.506 e. The van der Waals surface area contributed by atoms with Crippen LogP contribution < -0.4 is 9.03 Å². The largest absolute Gasteiger partial charge is 0.506 e. The number of amides is 1. The summed E-state index contributed by atoms with van der Waals surface area (Å²) in [5.41, 5.74) is -0.254. The van der Waals surface area contributed by atoms with Gasteiger partial charge in [0.05, 0.1) is 6.10 Å². The molecule has 2 aliphatic heterocycles. The van der Waals surface area contributed by atoms with Gasteiger partial charge < -0.3 is 9.84 Å². The number of hydrogen-bond acceptors (Lipinski definition) is 6. The van der Waals surface area contributed by atoms with Gasteiger partial charge in [-0.05, 0) is 19.4 Å². The Morgan fingerprint density at radius 2 is 2.20 bits per heavy atom. The van der Waals surface area contributed by atoms with E-state index in [9.17, 15) is 22.7 Å². The van der Waals surface area contributed by atoms with E-state index >= 15 is 0 Å². The Balaban J connectivity index is 1.85. The van der Waals surface area contributed by atoms with E-state index < -0.39 is 39.9 Å². The first kappa shape index (κ1) is 17.9. The maximum absolute atomic E-state index is 14.9. The summed E-state index contributed by atoms with van der Waals surface area (Å²) < 4.78 is 46.6. The molecule has 0 aromatic heterocycles. The van der Waals surface area contributed by atoms with E-state index in [0.29, 0.717) is 17.5 Å². The number of carbonyl (C=O) groups excluding carboxylic acids is 1. The molecule has 0 radical (unpaired) electrons. The minimum atomic E-state index is -4.19. The van der Waals surface area contributed by atoms with Gasteiger partial charge in [0, 0.05) is 31.8 Å². The minimum absolute atomic E-state index is 0.102. The van der Waals surface area contributed by atoms with Gasteiger partial charge in [-0.1, -0.05) is 6.07 Å². The fourth-order valence-corrected chi connectivity index (χ4v) is 4.32. The predicted octanol–water partition coefficient (Wildman–Crippen LogP) is 0.323. The van der Waals surface area contributed by atoms with E-state index in [1.807, 2.05) is 11.8 Å². The van der Waals surface area contributed by atoms with Crippen LogP contribution in [-0.4, -0.2) is 56.7 Å². The van der Waals surface area contributed by atoms with Gasteiger partial charge in [0.1, 0.15) is 18.0 Å². The number of anilines is 1. The van der Waals surface area contributed by atoms with Gasteiger partial charge in [0.15, 0.2) is 5.82 Å². The van der Waals surface area contributed by atoms with Crippen molar-refractivity contribution in [2.75, 3.05) is 30.5 Å². The SMILES string of the molecule is CCOC1CCN(Cc2ccc(O)c(N3CC(=O)NS3(=O)=O)c2F)C1. The molecule has 1 aromatic rings. The average molecular weight is 373 g/mol. The normalized spacial score (nSPS) is 23.2. The molecule has 2 N–H and O–H groups in total. The van der Waals surface area contributed by atoms with Gasteiger partial charge in [-0.3, -0.25) is 9.69 Å². The van der Waals surface area contributed by atoms with Gasteiger partial charge >= 0.3 is 10.2 Å². The summed E-state index contributed by atoms with van der Waals surface area (Å²) in [5.74, 6) is -2.15. The molecule has 1 unspecified atom stereocenters. The van der Waals surface area contributed by atoms with Gasteiger partial charge in [-0.25, -0.2) is 13.4 Å². The fraction of sp³-hybridized carbons (Fsp3) is 0.533. The number of aromatic hydroxyl groups is 1. The van der Waals surface area contributed by atoms with Gasteiger partial charge in [-0.2, -0.15) is 8.42 Å². The smallest absolute Gasteiger partial charge is 0.326 e. The van der Waals surface area contributed by atoms with Crippen LogP contribution in [0.3, 0.4) is 0 Å². The molecule has 2 aliphatic rings. The van der Waals surface area contributed by atoms with E-state index in [2.05, 4.69) is 0 Å². The van der Waals surface area contributed by atoms with Crippen molar-refractivity contribution < 1.29 is 27.4 Å². The van der Waals surface area contributed by atoms with Crippen molar-refractivity contribution in [2.45, 2.75) is 26.0 Å². The molecule has 2 saturated heterocycles. The molecule has 0 saturated carbocycles. The number of nitrogens with zero attached hydrogens (tertiary/aromatic N) is 2. The van der Waals surface area contributed by atoms with E-state index in [0.717, 1.165) is 13.0 Å². The molecule has 25 heavy (non-hydrogen) atoms. The van der Waals surface area contributed by atoms with Crippen molar-refractivity contribution in [1.82, 2.24) is 9.62 Å². The quantitative estimate of drug-likeness (QED) is 0.771. The van der Waals surface area contributed by atoms with Crippen molar-refractivity contribution in [3.63, 3.8) is 0 Å². The summed E-state index contributed by atoms with van der Waals surface area (Å²) in [6.07, 6.45) is 0.949. The van der Waals surface area contributed by atoms with Crippen molar-refractivity contribution in [3.05, 3.63) is 23.5 Å². The van der Waals surface area contributed by atoms with E-state index in [1.54, 1.807) is 4.72 Å². The maximum atomic E-state index is 14.9. The predicted molar refractivity (Wildman–Crippen MR) is 87.8 cm³/mol. The molecule has 2 fully saturated rings. The highest BCUT2D eigenvalue weighted by Crippen LogP contribution is 2.35. The highest BCUT2D eigenvalue weighted by molar-refractivity contribution is 7.92. The van der Waals surface area contributed by atoms with Crippen LogP contribution >= 0.6 is 0 Å². The monoisotopic (exact) mass is 373 g/mol. The second kappa shape index (κ2) is 6.77. The molecule has 0 spiro atoms. The highest BCUT2D eigenvalue weighted by atomic mass is 32.2. The molecular formula is C15H20FN3O5S. The number of benzene rings is 1. The lowest BCUT2D eigenvalue weighted by atomic mass is 10.1. The molecule has 0 bridgehead atoms. The van der Waals surface area contributed by atoms with Crippen LogP contribution in [0.4, 0.5) is 10.1 Å². The zero-order chi connectivity index (χ0) is 18.2. The molecule has 1 amide bonds. The Morgan fingerprint density at radius 1 is 1.44 bits per heavy atom. The number of nitrogens with one attached hydrogen (secondary N) is 1. The third-order valence-electron chi connectivity index (χ3n) is 4.27. The Kier molecular flexibility index (Phi) is 4.85. The van der Waals surface area contributed by atoms with E-state index in [-0.39, 0.29) is 18.2 Å². The highest BCUT2D eigenvalue weighted by Gasteiger charge is 2.38. The standard InChI is InChI=1S/C15H20FN3O5S/c1-2-24-11-5-6-18(8-11)7-10-3-4-12(20)15(14(10)16)19-9-13(21)17-25(19,22)23/h3-4,11,20H,2,5-9H2,1H3,(H,17,21). The van der Waals surface area contributed by atoms with Crippen molar-refractivity contribution in [3.8, 4) is 5.75 Å². The molecule has 8 nitrogen and oxygen atoms in total. The maximum Gasteiger partial charge on any atom is 0.326 e. The summed E-state index contributed by atoms with van der Waals surface area (Å²) in [4.78, 5) is 13.4. The lowest BCUT2D eigenvalue weighted by molar-refractivity contribution is -0.117. The number of phenols is 1. The summed E-state index contributed by atoms with van der Waals surface area (Å²) in [6.45, 7) is 3.63. The first-order valence-electron chi connectivity index (χ1n) is 7.99. The number of rotatable bonds is 5. The third-order valence-corrected chi connectivity index (χ3v) is 5.65. The summed E-state index contributed by atoms with van der Waals surface area (Å²) >= 11 is 0. The molecule has 3 rings (SSSR count). The molecule has 0 aliphatic carbocycles. The second-order valence-corrected chi connectivity index (χ2v) is 7.64.